The normalized spacial score (nSPS) is 24.5. The average Bonchev–Trinajstić information content (AvgIpc) is 2.60. The van der Waals surface area contributed by atoms with Gasteiger partial charge in [-0.25, -0.2) is 0 Å². The third-order valence-electron chi connectivity index (χ3n) is 3.83. The molecule has 1 amide bonds. The Morgan fingerprint density at radius 1 is 1.32 bits per heavy atom. The maximum Gasteiger partial charge on any atom is 0.378 e. The summed E-state index contributed by atoms with van der Waals surface area (Å²) in [5, 5.41) is 2.60. The van der Waals surface area contributed by atoms with Crippen LogP contribution in [0.3, 0.4) is 0 Å². The van der Waals surface area contributed by atoms with Crippen LogP contribution in [0.1, 0.15) is 41.0 Å². The number of ether oxygens (including phenoxy) is 1. The van der Waals surface area contributed by atoms with Crippen molar-refractivity contribution in [2.75, 3.05) is 32.6 Å². The highest BCUT2D eigenvalue weighted by molar-refractivity contribution is 8.13. The molecule has 1 fully saturated rings. The van der Waals surface area contributed by atoms with Crippen LogP contribution >= 0.6 is 19.9 Å². The molecule has 1 heterocycles. The van der Waals surface area contributed by atoms with Gasteiger partial charge in [0, 0.05) is 23.1 Å². The van der Waals surface area contributed by atoms with Gasteiger partial charge in [-0.1, -0.05) is 46.4 Å². The van der Waals surface area contributed by atoms with Crippen LogP contribution in [-0.4, -0.2) is 60.6 Å². The number of rotatable bonds is 8. The molecule has 9 nitrogen and oxygen atoms in total. The van der Waals surface area contributed by atoms with Crippen molar-refractivity contribution in [3.05, 3.63) is 0 Å². The van der Waals surface area contributed by atoms with Crippen LogP contribution in [-0.2, 0) is 32.7 Å². The lowest BCUT2D eigenvalue weighted by molar-refractivity contribution is -0.144. The van der Waals surface area contributed by atoms with E-state index in [9.17, 15) is 19.3 Å². The fourth-order valence-electron chi connectivity index (χ4n) is 2.09. The SMILES string of the molecule is COC(=O)CCNC(=O)[C@@H]1O[P](O)(OCCSC(=O)C(C)(C)C)OCC1(C)C. The van der Waals surface area contributed by atoms with Crippen molar-refractivity contribution in [1.29, 1.82) is 0 Å². The van der Waals surface area contributed by atoms with E-state index >= 15 is 0 Å². The highest BCUT2D eigenvalue weighted by Gasteiger charge is 2.50. The number of amides is 1. The lowest BCUT2D eigenvalue weighted by Gasteiger charge is -2.44. The van der Waals surface area contributed by atoms with Gasteiger partial charge in [-0.05, 0) is 0 Å². The van der Waals surface area contributed by atoms with Crippen LogP contribution in [0.25, 0.3) is 0 Å². The van der Waals surface area contributed by atoms with E-state index < -0.39 is 37.0 Å². The summed E-state index contributed by atoms with van der Waals surface area (Å²) in [4.78, 5) is 46.0. The van der Waals surface area contributed by atoms with Gasteiger partial charge in [-0.2, -0.15) is 0 Å². The average molecular weight is 440 g/mol. The number of hydrogen-bond acceptors (Lipinski definition) is 9. The van der Waals surface area contributed by atoms with Crippen molar-refractivity contribution < 1.29 is 37.6 Å². The summed E-state index contributed by atoms with van der Waals surface area (Å²) < 4.78 is 20.8. The van der Waals surface area contributed by atoms with Gasteiger partial charge in [0.25, 0.3) is 0 Å². The van der Waals surface area contributed by atoms with Gasteiger partial charge < -0.3 is 14.9 Å². The van der Waals surface area contributed by atoms with E-state index in [1.165, 1.54) is 7.11 Å². The number of hydrogen-bond donors (Lipinski definition) is 2. The first kappa shape index (κ1) is 25.3. The first-order valence-corrected chi connectivity index (χ1v) is 11.4. The van der Waals surface area contributed by atoms with Gasteiger partial charge in [0.05, 0.1) is 26.7 Å². The van der Waals surface area contributed by atoms with Crippen LogP contribution in [0.2, 0.25) is 0 Å². The minimum atomic E-state index is -3.69. The van der Waals surface area contributed by atoms with Crippen molar-refractivity contribution in [2.45, 2.75) is 47.1 Å². The summed E-state index contributed by atoms with van der Waals surface area (Å²) in [6.07, 6.45) is -0.984. The Labute approximate surface area is 170 Å². The molecule has 1 unspecified atom stereocenters. The number of methoxy groups -OCH3 is 1. The molecule has 0 aromatic rings. The van der Waals surface area contributed by atoms with Gasteiger partial charge in [-0.3, -0.25) is 28.0 Å². The number of carbonyl (C=O) groups is 3. The lowest BCUT2D eigenvalue weighted by Crippen LogP contribution is -2.50. The summed E-state index contributed by atoms with van der Waals surface area (Å²) in [5.41, 5.74) is -1.17. The second-order valence-corrected chi connectivity index (χ2v) is 10.8. The maximum atomic E-state index is 12.5. The summed E-state index contributed by atoms with van der Waals surface area (Å²) >= 11 is 1.10. The van der Waals surface area contributed by atoms with E-state index in [1.807, 2.05) is 20.8 Å². The van der Waals surface area contributed by atoms with E-state index in [-0.39, 0.29) is 31.3 Å². The van der Waals surface area contributed by atoms with E-state index in [4.69, 9.17) is 13.6 Å². The second kappa shape index (κ2) is 10.3. The summed E-state index contributed by atoms with van der Waals surface area (Å²) in [5.74, 6) is -0.594. The molecule has 163 valence electrons. The highest BCUT2D eigenvalue weighted by Crippen LogP contribution is 2.63. The Morgan fingerprint density at radius 2 is 1.96 bits per heavy atom. The molecule has 0 aliphatic carbocycles. The lowest BCUT2D eigenvalue weighted by atomic mass is 9.87. The predicted octanol–water partition coefficient (Wildman–Crippen LogP) is 2.10. The fraction of sp³-hybridized carbons (Fsp3) is 0.824. The van der Waals surface area contributed by atoms with Crippen LogP contribution in [0.5, 0.6) is 0 Å². The number of thioether (sulfide) groups is 1. The molecule has 1 aliphatic rings. The smallest absolute Gasteiger partial charge is 0.378 e. The van der Waals surface area contributed by atoms with Crippen molar-refractivity contribution in [2.24, 2.45) is 10.8 Å². The molecule has 11 heteroatoms. The largest absolute Gasteiger partial charge is 0.469 e. The number of carbonyl (C=O) groups excluding carboxylic acids is 3. The van der Waals surface area contributed by atoms with Crippen LogP contribution < -0.4 is 5.32 Å². The van der Waals surface area contributed by atoms with Gasteiger partial charge in [0.2, 0.25) is 5.91 Å². The van der Waals surface area contributed by atoms with Gasteiger partial charge in [-0.15, -0.1) is 0 Å². The Balaban J connectivity index is 2.57. The predicted molar refractivity (Wildman–Crippen MR) is 106 cm³/mol. The zero-order valence-corrected chi connectivity index (χ0v) is 19.0. The quantitative estimate of drug-likeness (QED) is 0.332. The molecular weight excluding hydrogens is 409 g/mol. The molecule has 1 rings (SSSR count). The monoisotopic (exact) mass is 440 g/mol. The molecule has 2 atom stereocenters. The molecule has 0 saturated carbocycles. The Hall–Kier alpha value is -0.770. The Kier molecular flexibility index (Phi) is 9.31. The highest BCUT2D eigenvalue weighted by atomic mass is 32.2. The standard InChI is InChI=1S/C17H31NO8PS/c1-16(2,3)15(21)28-10-9-24-27(22)25-11-17(4,5)13(26-27)14(20)18-8-7-12(19)23-6/h13,22H,7-11H2,1-6H3,(H,18,20)/t13-/m0/s1. The van der Waals surface area contributed by atoms with Gasteiger partial charge in [0.1, 0.15) is 0 Å². The zero-order chi connectivity index (χ0) is 21.6. The molecule has 0 aromatic carbocycles. The van der Waals surface area contributed by atoms with Gasteiger partial charge >= 0.3 is 14.1 Å². The summed E-state index contributed by atoms with van der Waals surface area (Å²) in [7, 11) is -2.42. The van der Waals surface area contributed by atoms with E-state index in [0.29, 0.717) is 5.75 Å². The number of esters is 1. The Bertz CT molecular complexity index is 580. The third kappa shape index (κ3) is 7.93. The third-order valence-corrected chi connectivity index (χ3v) is 6.51. The molecule has 2 N–H and O–H groups in total. The Morgan fingerprint density at radius 3 is 2.54 bits per heavy atom. The van der Waals surface area contributed by atoms with Crippen LogP contribution in [0.4, 0.5) is 0 Å². The molecule has 1 radical (unpaired) electrons. The van der Waals surface area contributed by atoms with Gasteiger partial charge in [0.15, 0.2) is 11.2 Å². The molecule has 0 spiro atoms. The minimum Gasteiger partial charge on any atom is -0.469 e. The molecule has 0 bridgehead atoms. The van der Waals surface area contributed by atoms with Crippen molar-refractivity contribution in [3.8, 4) is 0 Å². The first-order chi connectivity index (χ1) is 12.8. The second-order valence-electron chi connectivity index (χ2n) is 8.05. The first-order valence-electron chi connectivity index (χ1n) is 8.92. The number of nitrogens with one attached hydrogen (secondary N) is 1. The molecule has 1 aliphatic heterocycles. The summed E-state index contributed by atoms with van der Waals surface area (Å²) in [6.45, 7) is 9.17. The molecular formula is C17H31NO8PS. The molecule has 0 aromatic heterocycles. The topological polar surface area (TPSA) is 120 Å². The van der Waals surface area contributed by atoms with E-state index in [1.54, 1.807) is 13.8 Å². The van der Waals surface area contributed by atoms with Crippen molar-refractivity contribution in [1.82, 2.24) is 5.32 Å². The van der Waals surface area contributed by atoms with Crippen molar-refractivity contribution in [3.63, 3.8) is 0 Å². The van der Waals surface area contributed by atoms with Crippen molar-refractivity contribution >= 4 is 36.9 Å². The van der Waals surface area contributed by atoms with Crippen LogP contribution in [0, 0.1) is 10.8 Å². The molecule has 28 heavy (non-hydrogen) atoms. The summed E-state index contributed by atoms with van der Waals surface area (Å²) in [6, 6.07) is 0. The van der Waals surface area contributed by atoms with E-state index in [2.05, 4.69) is 10.1 Å². The zero-order valence-electron chi connectivity index (χ0n) is 17.3. The molecule has 1 saturated heterocycles. The fourth-order valence-corrected chi connectivity index (χ4v) is 4.66. The maximum absolute atomic E-state index is 12.5. The minimum absolute atomic E-state index is 0.0101. The van der Waals surface area contributed by atoms with E-state index in [0.717, 1.165) is 11.8 Å². The van der Waals surface area contributed by atoms with Crippen LogP contribution in [0.15, 0.2) is 0 Å².